The van der Waals surface area contributed by atoms with Gasteiger partial charge in [0.05, 0.1) is 12.1 Å². The third kappa shape index (κ3) is 5.02. The van der Waals surface area contributed by atoms with Crippen LogP contribution in [0, 0.1) is 24.4 Å². The lowest BCUT2D eigenvalue weighted by Gasteiger charge is -2.08. The van der Waals surface area contributed by atoms with Crippen LogP contribution >= 0.6 is 23.2 Å². The fourth-order valence-corrected chi connectivity index (χ4v) is 3.48. The van der Waals surface area contributed by atoms with E-state index in [1.165, 1.54) is 23.0 Å². The van der Waals surface area contributed by atoms with Crippen molar-refractivity contribution in [3.05, 3.63) is 92.7 Å². The van der Waals surface area contributed by atoms with Gasteiger partial charge in [0.25, 0.3) is 5.91 Å². The average Bonchev–Trinajstić information content (AvgIpc) is 3.32. The van der Waals surface area contributed by atoms with Crippen LogP contribution in [0.15, 0.2) is 47.1 Å². The third-order valence-electron chi connectivity index (χ3n) is 4.80. The number of aromatic nitrogens is 3. The number of nitrogens with one attached hydrogen (secondary N) is 1. The normalized spacial score (nSPS) is 11.0. The predicted molar refractivity (Wildman–Crippen MR) is 118 cm³/mol. The molecule has 0 bridgehead atoms. The second-order valence-corrected chi connectivity index (χ2v) is 7.92. The second kappa shape index (κ2) is 9.78. The highest BCUT2D eigenvalue weighted by Crippen LogP contribution is 2.25. The molecule has 2 aromatic heterocycles. The smallest absolute Gasteiger partial charge is 0.279 e. The van der Waals surface area contributed by atoms with Crippen molar-refractivity contribution in [2.75, 3.05) is 5.32 Å². The molecule has 0 atom stereocenters. The predicted octanol–water partition coefficient (Wildman–Crippen LogP) is 5.78. The molecule has 2 aromatic carbocycles. The van der Waals surface area contributed by atoms with Gasteiger partial charge in [-0.25, -0.2) is 13.2 Å². The number of carbonyl (C=O) groups excluding carboxylic acids is 1. The van der Waals surface area contributed by atoms with Gasteiger partial charge in [-0.15, -0.1) is 0 Å². The van der Waals surface area contributed by atoms with E-state index in [0.29, 0.717) is 6.07 Å². The standard InChI is InChI=1S/C22H15Cl2F3N4O3/c1-11-14(10-33-19-6-5-12(25)7-18(19)27)20(30-34-11)22(32)28-21-16(24)9-31(29-21)8-13-15(23)3-2-4-17(13)26/h2-7,9H,8,10H2,1H3,(H,28,29,32). The number of hydrogen-bond acceptors (Lipinski definition) is 5. The van der Waals surface area contributed by atoms with Crippen molar-refractivity contribution in [1.29, 1.82) is 0 Å². The van der Waals surface area contributed by atoms with Crippen LogP contribution in [-0.4, -0.2) is 20.8 Å². The van der Waals surface area contributed by atoms with Gasteiger partial charge in [0.2, 0.25) is 0 Å². The Morgan fingerprint density at radius 2 is 1.91 bits per heavy atom. The van der Waals surface area contributed by atoms with Crippen molar-refractivity contribution in [3.8, 4) is 5.75 Å². The minimum absolute atomic E-state index is 0.00349. The number of rotatable bonds is 7. The number of ether oxygens (including phenoxy) is 1. The number of anilines is 1. The van der Waals surface area contributed by atoms with Crippen molar-refractivity contribution < 1.29 is 27.2 Å². The van der Waals surface area contributed by atoms with Crippen LogP contribution in [0.1, 0.15) is 27.4 Å². The van der Waals surface area contributed by atoms with E-state index < -0.39 is 23.4 Å². The number of carbonyl (C=O) groups is 1. The molecule has 1 amide bonds. The van der Waals surface area contributed by atoms with Crippen molar-refractivity contribution in [2.24, 2.45) is 0 Å². The van der Waals surface area contributed by atoms with Crippen molar-refractivity contribution in [2.45, 2.75) is 20.1 Å². The Morgan fingerprint density at radius 3 is 2.65 bits per heavy atom. The highest BCUT2D eigenvalue weighted by Gasteiger charge is 2.23. The number of hydrogen-bond donors (Lipinski definition) is 1. The van der Waals surface area contributed by atoms with Crippen LogP contribution in [-0.2, 0) is 13.2 Å². The summed E-state index contributed by atoms with van der Waals surface area (Å²) >= 11 is 12.2. The maximum Gasteiger partial charge on any atom is 0.279 e. The summed E-state index contributed by atoms with van der Waals surface area (Å²) in [4.78, 5) is 12.8. The Morgan fingerprint density at radius 1 is 1.12 bits per heavy atom. The number of benzene rings is 2. The largest absolute Gasteiger partial charge is 0.486 e. The lowest BCUT2D eigenvalue weighted by atomic mass is 10.2. The van der Waals surface area contributed by atoms with Gasteiger partial charge in [0.15, 0.2) is 23.1 Å². The average molecular weight is 511 g/mol. The van der Waals surface area contributed by atoms with E-state index in [4.69, 9.17) is 32.5 Å². The van der Waals surface area contributed by atoms with Crippen LogP contribution < -0.4 is 10.1 Å². The molecular weight excluding hydrogens is 496 g/mol. The van der Waals surface area contributed by atoms with Crippen molar-refractivity contribution in [3.63, 3.8) is 0 Å². The molecule has 0 spiro atoms. The number of nitrogens with zero attached hydrogens (tertiary/aromatic N) is 3. The lowest BCUT2D eigenvalue weighted by Crippen LogP contribution is -2.16. The molecule has 2 heterocycles. The highest BCUT2D eigenvalue weighted by molar-refractivity contribution is 6.33. The van der Waals surface area contributed by atoms with E-state index in [9.17, 15) is 18.0 Å². The monoisotopic (exact) mass is 510 g/mol. The molecule has 34 heavy (non-hydrogen) atoms. The molecule has 0 aliphatic carbocycles. The first-order chi connectivity index (χ1) is 16.2. The lowest BCUT2D eigenvalue weighted by molar-refractivity contribution is 0.101. The maximum atomic E-state index is 14.1. The Hall–Kier alpha value is -3.50. The Balaban J connectivity index is 1.49. The summed E-state index contributed by atoms with van der Waals surface area (Å²) in [6.45, 7) is 1.25. The molecule has 0 fully saturated rings. The van der Waals surface area contributed by atoms with E-state index in [1.54, 1.807) is 13.0 Å². The molecule has 0 unspecified atom stereocenters. The molecule has 7 nitrogen and oxygen atoms in total. The summed E-state index contributed by atoms with van der Waals surface area (Å²) in [6.07, 6.45) is 1.40. The van der Waals surface area contributed by atoms with Crippen LogP contribution in [0.2, 0.25) is 10.0 Å². The van der Waals surface area contributed by atoms with Crippen LogP contribution in [0.3, 0.4) is 0 Å². The minimum atomic E-state index is -0.896. The molecule has 0 radical (unpaired) electrons. The van der Waals surface area contributed by atoms with Gasteiger partial charge in [-0.3, -0.25) is 9.48 Å². The van der Waals surface area contributed by atoms with E-state index >= 15 is 0 Å². The van der Waals surface area contributed by atoms with Crippen LogP contribution in [0.5, 0.6) is 5.75 Å². The van der Waals surface area contributed by atoms with Gasteiger partial charge >= 0.3 is 0 Å². The summed E-state index contributed by atoms with van der Waals surface area (Å²) < 4.78 is 52.7. The fraction of sp³-hybridized carbons (Fsp3) is 0.136. The first-order valence-electron chi connectivity index (χ1n) is 9.73. The third-order valence-corrected chi connectivity index (χ3v) is 5.43. The molecule has 0 aliphatic rings. The first-order valence-corrected chi connectivity index (χ1v) is 10.5. The Labute approximate surface area is 201 Å². The minimum Gasteiger partial charge on any atom is -0.486 e. The van der Waals surface area contributed by atoms with Gasteiger partial charge < -0.3 is 14.6 Å². The zero-order chi connectivity index (χ0) is 24.4. The summed E-state index contributed by atoms with van der Waals surface area (Å²) in [5.74, 6) is -2.82. The molecular formula is C22H15Cl2F3N4O3. The summed E-state index contributed by atoms with van der Waals surface area (Å²) in [5, 5.41) is 10.7. The van der Waals surface area contributed by atoms with Gasteiger partial charge in [-0.2, -0.15) is 5.10 Å². The molecule has 12 heteroatoms. The maximum absolute atomic E-state index is 14.1. The number of amides is 1. The number of halogens is 5. The molecule has 4 aromatic rings. The second-order valence-electron chi connectivity index (χ2n) is 7.11. The summed E-state index contributed by atoms with van der Waals surface area (Å²) in [7, 11) is 0. The van der Waals surface area contributed by atoms with Crippen LogP contribution in [0.4, 0.5) is 19.0 Å². The molecule has 0 saturated heterocycles. The summed E-state index contributed by atoms with van der Waals surface area (Å²) in [5.41, 5.74) is 0.318. The van der Waals surface area contributed by atoms with Gasteiger partial charge in [0.1, 0.15) is 29.0 Å². The van der Waals surface area contributed by atoms with Crippen LogP contribution in [0.25, 0.3) is 0 Å². The van der Waals surface area contributed by atoms with Gasteiger partial charge in [-0.1, -0.05) is 34.4 Å². The SMILES string of the molecule is Cc1onc(C(=O)Nc2nn(Cc3c(F)cccc3Cl)cc2Cl)c1COc1ccc(F)cc1F. The first kappa shape index (κ1) is 23.7. The van der Waals surface area contributed by atoms with Crippen molar-refractivity contribution >= 4 is 34.9 Å². The van der Waals surface area contributed by atoms with Gasteiger partial charge in [-0.05, 0) is 31.2 Å². The van der Waals surface area contributed by atoms with E-state index in [1.807, 2.05) is 0 Å². The molecule has 4 rings (SSSR count). The zero-order valence-electron chi connectivity index (χ0n) is 17.4. The molecule has 176 valence electrons. The topological polar surface area (TPSA) is 82.2 Å². The van der Waals surface area contributed by atoms with E-state index in [0.717, 1.165) is 12.1 Å². The van der Waals surface area contributed by atoms with E-state index in [2.05, 4.69) is 15.6 Å². The van der Waals surface area contributed by atoms with Crippen molar-refractivity contribution in [1.82, 2.24) is 14.9 Å². The molecule has 0 saturated carbocycles. The highest BCUT2D eigenvalue weighted by atomic mass is 35.5. The van der Waals surface area contributed by atoms with Gasteiger partial charge in [0, 0.05) is 22.8 Å². The fourth-order valence-electron chi connectivity index (χ4n) is 3.06. The molecule has 1 N–H and O–H groups in total. The number of aryl methyl sites for hydroxylation is 1. The summed E-state index contributed by atoms with van der Waals surface area (Å²) in [6, 6.07) is 7.14. The Bertz CT molecular complexity index is 1350. The van der Waals surface area contributed by atoms with E-state index in [-0.39, 0.29) is 57.3 Å². The quantitative estimate of drug-likeness (QED) is 0.340. The Kier molecular flexibility index (Phi) is 6.80. The molecule has 0 aliphatic heterocycles. The zero-order valence-corrected chi connectivity index (χ0v) is 18.9.